The normalized spacial score (nSPS) is 11.7. The van der Waals surface area contributed by atoms with Gasteiger partial charge in [0.1, 0.15) is 0 Å². The largest absolute Gasteiger partial charge is 0.331 e. The van der Waals surface area contributed by atoms with E-state index in [9.17, 15) is 4.79 Å². The molecule has 0 heterocycles. The molecular formula is C16H17ClN2O. The van der Waals surface area contributed by atoms with Gasteiger partial charge >= 0.3 is 6.03 Å². The van der Waals surface area contributed by atoms with Crippen molar-refractivity contribution in [1.29, 1.82) is 0 Å². The van der Waals surface area contributed by atoms with Crippen molar-refractivity contribution >= 4 is 23.3 Å². The number of hydrogen-bond donors (Lipinski definition) is 2. The third-order valence-electron chi connectivity index (χ3n) is 3.00. The Bertz CT molecular complexity index is 572. The molecule has 0 saturated heterocycles. The number of rotatable bonds is 4. The van der Waals surface area contributed by atoms with Gasteiger partial charge in [0.25, 0.3) is 0 Å². The minimum atomic E-state index is -0.233. The fourth-order valence-corrected chi connectivity index (χ4v) is 2.19. The van der Waals surface area contributed by atoms with Crippen LogP contribution in [0, 0.1) is 0 Å². The van der Waals surface area contributed by atoms with E-state index in [-0.39, 0.29) is 12.1 Å². The molecule has 2 N–H and O–H groups in total. The van der Waals surface area contributed by atoms with Gasteiger partial charge < -0.3 is 10.6 Å². The van der Waals surface area contributed by atoms with Crippen molar-refractivity contribution in [2.24, 2.45) is 0 Å². The lowest BCUT2D eigenvalue weighted by atomic mass is 10.1. The number of amides is 2. The van der Waals surface area contributed by atoms with Crippen molar-refractivity contribution in [1.82, 2.24) is 5.32 Å². The van der Waals surface area contributed by atoms with E-state index in [2.05, 4.69) is 10.6 Å². The van der Waals surface area contributed by atoms with Gasteiger partial charge in [-0.2, -0.15) is 0 Å². The van der Waals surface area contributed by atoms with Gasteiger partial charge in [-0.25, -0.2) is 4.79 Å². The second kappa shape index (κ2) is 6.96. The molecule has 0 fully saturated rings. The van der Waals surface area contributed by atoms with E-state index in [1.54, 1.807) is 24.3 Å². The summed E-state index contributed by atoms with van der Waals surface area (Å²) in [5.74, 6) is 0. The molecule has 2 rings (SSSR count). The lowest BCUT2D eigenvalue weighted by molar-refractivity contribution is 0.248. The Morgan fingerprint density at radius 1 is 1.15 bits per heavy atom. The predicted molar refractivity (Wildman–Crippen MR) is 83.1 cm³/mol. The molecule has 0 aromatic heterocycles. The van der Waals surface area contributed by atoms with E-state index in [1.807, 2.05) is 37.3 Å². The molecule has 0 bridgehead atoms. The van der Waals surface area contributed by atoms with Crippen LogP contribution in [-0.2, 0) is 0 Å². The number of hydrogen-bond acceptors (Lipinski definition) is 1. The standard InChI is InChI=1S/C16H17ClN2O/c1-2-15(12-7-4-3-5-8-12)19-16(20)18-14-10-6-9-13(17)11-14/h3-11,15H,2H2,1H3,(H2,18,19,20). The fourth-order valence-electron chi connectivity index (χ4n) is 2.00. The van der Waals surface area contributed by atoms with Crippen molar-refractivity contribution in [3.8, 4) is 0 Å². The predicted octanol–water partition coefficient (Wildman–Crippen LogP) is 4.61. The smallest absolute Gasteiger partial charge is 0.319 e. The molecule has 2 aromatic carbocycles. The highest BCUT2D eigenvalue weighted by atomic mass is 35.5. The number of halogens is 1. The summed E-state index contributed by atoms with van der Waals surface area (Å²) in [6.45, 7) is 2.04. The van der Waals surface area contributed by atoms with Crippen LogP contribution in [0.5, 0.6) is 0 Å². The van der Waals surface area contributed by atoms with Crippen LogP contribution < -0.4 is 10.6 Å². The molecule has 4 heteroatoms. The van der Waals surface area contributed by atoms with E-state index < -0.39 is 0 Å². The Labute approximate surface area is 124 Å². The monoisotopic (exact) mass is 288 g/mol. The zero-order valence-electron chi connectivity index (χ0n) is 11.3. The number of carbonyl (C=O) groups excluding carboxylic acids is 1. The molecule has 20 heavy (non-hydrogen) atoms. The lowest BCUT2D eigenvalue weighted by Gasteiger charge is -2.18. The topological polar surface area (TPSA) is 41.1 Å². The first-order valence-electron chi connectivity index (χ1n) is 6.57. The average Bonchev–Trinajstić information content (AvgIpc) is 2.45. The Balaban J connectivity index is 2.00. The number of carbonyl (C=O) groups is 1. The summed E-state index contributed by atoms with van der Waals surface area (Å²) >= 11 is 5.89. The molecule has 0 aliphatic heterocycles. The first-order chi connectivity index (χ1) is 9.69. The van der Waals surface area contributed by atoms with Gasteiger partial charge in [0, 0.05) is 10.7 Å². The molecule has 3 nitrogen and oxygen atoms in total. The van der Waals surface area contributed by atoms with E-state index in [1.165, 1.54) is 0 Å². The highest BCUT2D eigenvalue weighted by molar-refractivity contribution is 6.30. The first kappa shape index (κ1) is 14.4. The van der Waals surface area contributed by atoms with Gasteiger partial charge in [-0.3, -0.25) is 0 Å². The van der Waals surface area contributed by atoms with E-state index in [0.717, 1.165) is 12.0 Å². The fraction of sp³-hybridized carbons (Fsp3) is 0.188. The Morgan fingerprint density at radius 3 is 2.55 bits per heavy atom. The Kier molecular flexibility index (Phi) is 5.02. The van der Waals surface area contributed by atoms with E-state index in [4.69, 9.17) is 11.6 Å². The number of nitrogens with one attached hydrogen (secondary N) is 2. The van der Waals surface area contributed by atoms with Crippen LogP contribution in [0.25, 0.3) is 0 Å². The highest BCUT2D eigenvalue weighted by Gasteiger charge is 2.12. The lowest BCUT2D eigenvalue weighted by Crippen LogP contribution is -2.32. The number of benzene rings is 2. The van der Waals surface area contributed by atoms with Crippen molar-refractivity contribution in [2.75, 3.05) is 5.32 Å². The van der Waals surface area contributed by atoms with E-state index in [0.29, 0.717) is 10.7 Å². The quantitative estimate of drug-likeness (QED) is 0.847. The van der Waals surface area contributed by atoms with Crippen LogP contribution in [0.1, 0.15) is 24.9 Å². The van der Waals surface area contributed by atoms with Gasteiger partial charge in [0.15, 0.2) is 0 Å². The molecule has 0 saturated carbocycles. The minimum absolute atomic E-state index is 0.00427. The van der Waals surface area contributed by atoms with Crippen LogP contribution in [0.3, 0.4) is 0 Å². The second-order valence-electron chi connectivity index (χ2n) is 4.48. The van der Waals surface area contributed by atoms with Crippen LogP contribution in [0.4, 0.5) is 10.5 Å². The molecular weight excluding hydrogens is 272 g/mol. The van der Waals surface area contributed by atoms with Crippen molar-refractivity contribution in [3.63, 3.8) is 0 Å². The Morgan fingerprint density at radius 2 is 1.90 bits per heavy atom. The van der Waals surface area contributed by atoms with Crippen LogP contribution in [0.2, 0.25) is 5.02 Å². The van der Waals surface area contributed by atoms with Gasteiger partial charge in [0.2, 0.25) is 0 Å². The third-order valence-corrected chi connectivity index (χ3v) is 3.23. The number of anilines is 1. The van der Waals surface area contributed by atoms with E-state index >= 15 is 0 Å². The zero-order chi connectivity index (χ0) is 14.4. The maximum absolute atomic E-state index is 12.0. The first-order valence-corrected chi connectivity index (χ1v) is 6.95. The molecule has 1 atom stereocenters. The summed E-state index contributed by atoms with van der Waals surface area (Å²) in [5.41, 5.74) is 1.77. The molecule has 0 aliphatic carbocycles. The molecule has 0 aliphatic rings. The van der Waals surface area contributed by atoms with Crippen LogP contribution in [0.15, 0.2) is 54.6 Å². The van der Waals surface area contributed by atoms with Gasteiger partial charge in [0.05, 0.1) is 6.04 Å². The van der Waals surface area contributed by atoms with Crippen molar-refractivity contribution in [3.05, 3.63) is 65.2 Å². The zero-order valence-corrected chi connectivity index (χ0v) is 12.0. The molecule has 2 amide bonds. The Hall–Kier alpha value is -2.00. The molecule has 0 radical (unpaired) electrons. The molecule has 1 unspecified atom stereocenters. The summed E-state index contributed by atoms with van der Waals surface area (Å²) in [6.07, 6.45) is 0.826. The molecule has 0 spiro atoms. The van der Waals surface area contributed by atoms with Crippen LogP contribution >= 0.6 is 11.6 Å². The highest BCUT2D eigenvalue weighted by Crippen LogP contribution is 2.17. The summed E-state index contributed by atoms with van der Waals surface area (Å²) in [6, 6.07) is 16.8. The van der Waals surface area contributed by atoms with Crippen molar-refractivity contribution < 1.29 is 4.79 Å². The molecule has 2 aromatic rings. The SMILES string of the molecule is CCC(NC(=O)Nc1cccc(Cl)c1)c1ccccc1. The maximum atomic E-state index is 12.0. The van der Waals surface area contributed by atoms with Crippen molar-refractivity contribution in [2.45, 2.75) is 19.4 Å². The molecule has 104 valence electrons. The second-order valence-corrected chi connectivity index (χ2v) is 4.92. The van der Waals surface area contributed by atoms with Gasteiger partial charge in [-0.15, -0.1) is 0 Å². The summed E-state index contributed by atoms with van der Waals surface area (Å²) < 4.78 is 0. The van der Waals surface area contributed by atoms with Gasteiger partial charge in [-0.05, 0) is 30.2 Å². The number of urea groups is 1. The third kappa shape index (κ3) is 4.00. The minimum Gasteiger partial charge on any atom is -0.331 e. The summed E-state index contributed by atoms with van der Waals surface area (Å²) in [4.78, 5) is 12.0. The van der Waals surface area contributed by atoms with Crippen LogP contribution in [-0.4, -0.2) is 6.03 Å². The average molecular weight is 289 g/mol. The summed E-state index contributed by atoms with van der Waals surface area (Å²) in [7, 11) is 0. The maximum Gasteiger partial charge on any atom is 0.319 e. The summed E-state index contributed by atoms with van der Waals surface area (Å²) in [5, 5.41) is 6.34. The van der Waals surface area contributed by atoms with Gasteiger partial charge in [-0.1, -0.05) is 54.9 Å².